The molecule has 1 aliphatic carbocycles. The van der Waals surface area contributed by atoms with Crippen LogP contribution in [0, 0.1) is 0 Å². The number of carbonyl (C=O) groups excluding carboxylic acids is 1. The van der Waals surface area contributed by atoms with Crippen LogP contribution in [0.2, 0.25) is 0 Å². The van der Waals surface area contributed by atoms with Crippen molar-refractivity contribution in [3.05, 3.63) is 10.6 Å². The highest BCUT2D eigenvalue weighted by Crippen LogP contribution is 2.30. The van der Waals surface area contributed by atoms with Crippen LogP contribution in [0.4, 0.5) is 5.13 Å². The van der Waals surface area contributed by atoms with Crippen molar-refractivity contribution in [2.24, 2.45) is 0 Å². The van der Waals surface area contributed by atoms with E-state index in [1.165, 1.54) is 0 Å². The fraction of sp³-hybridized carbons (Fsp3) is 0.600. The monoisotopic (exact) mass is 210 g/mol. The van der Waals surface area contributed by atoms with Gasteiger partial charge in [-0.3, -0.25) is 4.79 Å². The molecule has 2 rings (SSSR count). The third kappa shape index (κ3) is 1.54. The zero-order valence-corrected chi connectivity index (χ0v) is 9.36. The summed E-state index contributed by atoms with van der Waals surface area (Å²) >= 11 is 1.54. The van der Waals surface area contributed by atoms with Crippen LogP contribution < -0.4 is 4.90 Å². The predicted molar refractivity (Wildman–Crippen MR) is 58.3 cm³/mol. The third-order valence-corrected chi connectivity index (χ3v) is 3.81. The Balaban J connectivity index is 2.35. The number of anilines is 1. The molecule has 0 saturated heterocycles. The molecule has 0 atom stereocenters. The molecule has 0 radical (unpaired) electrons. The fourth-order valence-electron chi connectivity index (χ4n) is 1.55. The van der Waals surface area contributed by atoms with Crippen LogP contribution in [0.25, 0.3) is 0 Å². The van der Waals surface area contributed by atoms with Crippen molar-refractivity contribution in [1.29, 1.82) is 0 Å². The average molecular weight is 210 g/mol. The van der Waals surface area contributed by atoms with E-state index in [2.05, 4.69) is 16.8 Å². The lowest BCUT2D eigenvalue weighted by atomic mass is 10.0. The minimum absolute atomic E-state index is 0.277. The second-order valence-corrected chi connectivity index (χ2v) is 4.54. The van der Waals surface area contributed by atoms with Crippen LogP contribution in [0.5, 0.6) is 0 Å². The van der Waals surface area contributed by atoms with Crippen LogP contribution in [-0.2, 0) is 6.42 Å². The first-order chi connectivity index (χ1) is 6.72. The highest BCUT2D eigenvalue weighted by atomic mass is 32.1. The highest BCUT2D eigenvalue weighted by Gasteiger charge is 2.22. The van der Waals surface area contributed by atoms with Gasteiger partial charge < -0.3 is 4.90 Å². The summed E-state index contributed by atoms with van der Waals surface area (Å²) in [5.74, 6) is 0.277. The first kappa shape index (κ1) is 9.65. The molecule has 0 saturated carbocycles. The van der Waals surface area contributed by atoms with E-state index >= 15 is 0 Å². The Morgan fingerprint density at radius 1 is 1.50 bits per heavy atom. The molecular weight excluding hydrogens is 196 g/mol. The number of rotatable bonds is 2. The van der Waals surface area contributed by atoms with E-state index in [9.17, 15) is 4.79 Å². The van der Waals surface area contributed by atoms with E-state index in [1.807, 2.05) is 7.05 Å². The van der Waals surface area contributed by atoms with Gasteiger partial charge in [0.2, 0.25) is 0 Å². The number of aryl methyl sites for hydroxylation is 1. The van der Waals surface area contributed by atoms with Crippen molar-refractivity contribution in [2.75, 3.05) is 18.5 Å². The van der Waals surface area contributed by atoms with E-state index < -0.39 is 0 Å². The molecule has 0 amide bonds. The quantitative estimate of drug-likeness (QED) is 0.749. The van der Waals surface area contributed by atoms with Crippen molar-refractivity contribution in [1.82, 2.24) is 4.98 Å². The maximum atomic E-state index is 11.6. The Morgan fingerprint density at radius 3 is 2.93 bits per heavy atom. The zero-order chi connectivity index (χ0) is 10.1. The summed E-state index contributed by atoms with van der Waals surface area (Å²) < 4.78 is 0. The van der Waals surface area contributed by atoms with E-state index in [1.54, 1.807) is 11.3 Å². The Hall–Kier alpha value is -0.900. The SMILES string of the molecule is CCN(C)c1nc2c(s1)C(=O)CCC2. The summed E-state index contributed by atoms with van der Waals surface area (Å²) in [4.78, 5) is 19.0. The molecule has 1 aromatic heterocycles. The standard InChI is InChI=1S/C10H14N2OS/c1-3-12(2)10-11-7-5-4-6-8(13)9(7)14-10/h3-6H2,1-2H3. The van der Waals surface area contributed by atoms with Crippen LogP contribution in [0.3, 0.4) is 0 Å². The predicted octanol–water partition coefficient (Wildman–Crippen LogP) is 2.12. The summed E-state index contributed by atoms with van der Waals surface area (Å²) in [6, 6.07) is 0. The normalized spacial score (nSPS) is 15.4. The topological polar surface area (TPSA) is 33.2 Å². The first-order valence-corrected chi connectivity index (χ1v) is 5.78. The number of hydrogen-bond acceptors (Lipinski definition) is 4. The van der Waals surface area contributed by atoms with Crippen LogP contribution in [0.1, 0.15) is 35.1 Å². The van der Waals surface area contributed by atoms with E-state index in [4.69, 9.17) is 0 Å². The Morgan fingerprint density at radius 2 is 2.29 bits per heavy atom. The molecular formula is C10H14N2OS. The maximum Gasteiger partial charge on any atom is 0.185 e. The van der Waals surface area contributed by atoms with Gasteiger partial charge in [-0.2, -0.15) is 0 Å². The summed E-state index contributed by atoms with van der Waals surface area (Å²) in [6.07, 6.45) is 2.63. The number of aromatic nitrogens is 1. The zero-order valence-electron chi connectivity index (χ0n) is 8.54. The maximum absolute atomic E-state index is 11.6. The number of thiazole rings is 1. The molecule has 0 N–H and O–H groups in total. The van der Waals surface area contributed by atoms with Gasteiger partial charge in [0.1, 0.15) is 0 Å². The van der Waals surface area contributed by atoms with Crippen molar-refractivity contribution < 1.29 is 4.79 Å². The summed E-state index contributed by atoms with van der Waals surface area (Å²) in [5, 5.41) is 0.979. The molecule has 0 bridgehead atoms. The minimum atomic E-state index is 0.277. The highest BCUT2D eigenvalue weighted by molar-refractivity contribution is 7.17. The number of nitrogens with zero attached hydrogens (tertiary/aromatic N) is 2. The molecule has 0 unspecified atom stereocenters. The smallest absolute Gasteiger partial charge is 0.185 e. The Kier molecular flexibility index (Phi) is 2.54. The number of carbonyl (C=O) groups is 1. The van der Waals surface area contributed by atoms with Crippen LogP contribution in [-0.4, -0.2) is 24.4 Å². The lowest BCUT2D eigenvalue weighted by Crippen LogP contribution is -2.15. The van der Waals surface area contributed by atoms with Crippen molar-refractivity contribution in [3.8, 4) is 0 Å². The van der Waals surface area contributed by atoms with E-state index in [-0.39, 0.29) is 5.78 Å². The lowest BCUT2D eigenvalue weighted by Gasteiger charge is -2.10. The third-order valence-electron chi connectivity index (χ3n) is 2.56. The number of hydrogen-bond donors (Lipinski definition) is 0. The molecule has 1 heterocycles. The van der Waals surface area contributed by atoms with E-state index in [0.717, 1.165) is 35.1 Å². The average Bonchev–Trinajstić information content (AvgIpc) is 2.62. The van der Waals surface area contributed by atoms with Crippen molar-refractivity contribution >= 4 is 22.3 Å². The molecule has 0 spiro atoms. The van der Waals surface area contributed by atoms with Gasteiger partial charge in [0.05, 0.1) is 10.6 Å². The Labute approximate surface area is 87.8 Å². The molecule has 4 heteroatoms. The molecule has 76 valence electrons. The summed E-state index contributed by atoms with van der Waals surface area (Å²) in [7, 11) is 2.01. The van der Waals surface area contributed by atoms with Gasteiger partial charge in [0.25, 0.3) is 0 Å². The Bertz CT molecular complexity index is 359. The van der Waals surface area contributed by atoms with Gasteiger partial charge in [0.15, 0.2) is 10.9 Å². The van der Waals surface area contributed by atoms with Crippen LogP contribution >= 0.6 is 11.3 Å². The van der Waals surface area contributed by atoms with E-state index in [0.29, 0.717) is 6.42 Å². The first-order valence-electron chi connectivity index (χ1n) is 4.96. The minimum Gasteiger partial charge on any atom is -0.351 e. The van der Waals surface area contributed by atoms with Gasteiger partial charge in [0, 0.05) is 20.0 Å². The molecule has 0 aromatic carbocycles. The molecule has 3 nitrogen and oxygen atoms in total. The number of Topliss-reactive ketones (excluding diaryl/α,β-unsaturated/α-hetero) is 1. The molecule has 0 aliphatic heterocycles. The van der Waals surface area contributed by atoms with Gasteiger partial charge in [-0.1, -0.05) is 11.3 Å². The number of ketones is 1. The van der Waals surface area contributed by atoms with Crippen molar-refractivity contribution in [3.63, 3.8) is 0 Å². The molecule has 1 aromatic rings. The van der Waals surface area contributed by atoms with Crippen LogP contribution in [0.15, 0.2) is 0 Å². The van der Waals surface area contributed by atoms with Crippen molar-refractivity contribution in [2.45, 2.75) is 26.2 Å². The number of fused-ring (bicyclic) bond motifs is 1. The van der Waals surface area contributed by atoms with Gasteiger partial charge in [-0.25, -0.2) is 4.98 Å². The second kappa shape index (κ2) is 3.69. The second-order valence-electron chi connectivity index (χ2n) is 3.56. The van der Waals surface area contributed by atoms with Gasteiger partial charge in [-0.15, -0.1) is 0 Å². The summed E-state index contributed by atoms with van der Waals surface area (Å²) in [6.45, 7) is 3.02. The molecule has 14 heavy (non-hydrogen) atoms. The van der Waals surface area contributed by atoms with Gasteiger partial charge >= 0.3 is 0 Å². The fourth-order valence-corrected chi connectivity index (χ4v) is 2.66. The largest absolute Gasteiger partial charge is 0.351 e. The molecule has 1 aliphatic rings. The molecule has 0 fully saturated rings. The summed E-state index contributed by atoms with van der Waals surface area (Å²) in [5.41, 5.74) is 1.02. The lowest BCUT2D eigenvalue weighted by molar-refractivity contribution is 0.0976. The van der Waals surface area contributed by atoms with Gasteiger partial charge in [-0.05, 0) is 19.8 Å².